The molecule has 0 aliphatic carbocycles. The molecule has 0 bridgehead atoms. The molecule has 0 atom stereocenters. The molecule has 1 aromatic heterocycles. The fraction of sp³-hybridized carbons (Fsp3) is 0.105. The van der Waals surface area contributed by atoms with E-state index in [-0.39, 0.29) is 17.9 Å². The van der Waals surface area contributed by atoms with Gasteiger partial charge in [-0.05, 0) is 43.3 Å². The highest BCUT2D eigenvalue weighted by molar-refractivity contribution is 5.92. The van der Waals surface area contributed by atoms with Crippen LogP contribution in [0.15, 0.2) is 54.6 Å². The first-order valence-corrected chi connectivity index (χ1v) is 7.72. The predicted molar refractivity (Wildman–Crippen MR) is 91.2 cm³/mol. The van der Waals surface area contributed by atoms with Crippen LogP contribution in [-0.2, 0) is 4.74 Å². The van der Waals surface area contributed by atoms with Crippen LogP contribution in [0.4, 0.5) is 0 Å². The van der Waals surface area contributed by atoms with Gasteiger partial charge >= 0.3 is 5.97 Å². The van der Waals surface area contributed by atoms with Crippen molar-refractivity contribution in [2.75, 3.05) is 6.61 Å². The number of ether oxygens (including phenoxy) is 2. The number of rotatable bonds is 5. The molecule has 1 N–H and O–H groups in total. The second-order valence-electron chi connectivity index (χ2n) is 5.09. The lowest BCUT2D eigenvalue weighted by atomic mass is 10.1. The van der Waals surface area contributed by atoms with Gasteiger partial charge in [-0.15, -0.1) is 0 Å². The molecule has 0 unspecified atom stereocenters. The SMILES string of the molecule is CCOC(=O)c1[nH]nc(-c2ccc(Oc3ccccc3)cc2)c1C#N. The zero-order chi connectivity index (χ0) is 17.6. The number of para-hydroxylation sites is 1. The molecule has 0 amide bonds. The maximum absolute atomic E-state index is 11.9. The van der Waals surface area contributed by atoms with Gasteiger partial charge in [0.05, 0.1) is 6.61 Å². The lowest BCUT2D eigenvalue weighted by molar-refractivity contribution is 0.0519. The van der Waals surface area contributed by atoms with Crippen LogP contribution < -0.4 is 4.74 Å². The predicted octanol–water partition coefficient (Wildman–Crippen LogP) is 3.92. The summed E-state index contributed by atoms with van der Waals surface area (Å²) in [6, 6.07) is 18.6. The summed E-state index contributed by atoms with van der Waals surface area (Å²) in [5.41, 5.74) is 1.32. The van der Waals surface area contributed by atoms with Crippen LogP contribution in [-0.4, -0.2) is 22.8 Å². The summed E-state index contributed by atoms with van der Waals surface area (Å²) in [7, 11) is 0. The van der Waals surface area contributed by atoms with Gasteiger partial charge in [-0.1, -0.05) is 18.2 Å². The Morgan fingerprint density at radius 3 is 2.44 bits per heavy atom. The number of nitrogens with one attached hydrogen (secondary N) is 1. The molecule has 0 aliphatic rings. The normalized spacial score (nSPS) is 10.1. The van der Waals surface area contributed by atoms with E-state index in [0.717, 1.165) is 5.75 Å². The number of carbonyl (C=O) groups is 1. The average Bonchev–Trinajstić information content (AvgIpc) is 3.07. The topological polar surface area (TPSA) is 88.0 Å². The molecule has 2 aromatic carbocycles. The van der Waals surface area contributed by atoms with Crippen molar-refractivity contribution >= 4 is 5.97 Å². The van der Waals surface area contributed by atoms with Gasteiger partial charge in [0, 0.05) is 5.56 Å². The summed E-state index contributed by atoms with van der Waals surface area (Å²) in [6.07, 6.45) is 0. The molecule has 0 fully saturated rings. The largest absolute Gasteiger partial charge is 0.461 e. The van der Waals surface area contributed by atoms with Crippen molar-refractivity contribution in [1.29, 1.82) is 5.26 Å². The van der Waals surface area contributed by atoms with Crippen LogP contribution in [0.2, 0.25) is 0 Å². The van der Waals surface area contributed by atoms with E-state index in [2.05, 4.69) is 10.2 Å². The first-order chi connectivity index (χ1) is 12.2. The molecule has 124 valence electrons. The smallest absolute Gasteiger partial charge is 0.357 e. The quantitative estimate of drug-likeness (QED) is 0.715. The highest BCUT2D eigenvalue weighted by Crippen LogP contribution is 2.27. The van der Waals surface area contributed by atoms with Crippen molar-refractivity contribution in [3.8, 4) is 28.8 Å². The van der Waals surface area contributed by atoms with E-state index in [1.165, 1.54) is 0 Å². The minimum atomic E-state index is -0.596. The molecule has 6 heteroatoms. The van der Waals surface area contributed by atoms with Crippen molar-refractivity contribution < 1.29 is 14.3 Å². The number of aromatic amines is 1. The molecule has 0 aliphatic heterocycles. The summed E-state index contributed by atoms with van der Waals surface area (Å²) < 4.78 is 10.7. The zero-order valence-corrected chi connectivity index (χ0v) is 13.5. The fourth-order valence-corrected chi connectivity index (χ4v) is 2.32. The van der Waals surface area contributed by atoms with Crippen molar-refractivity contribution in [2.45, 2.75) is 6.92 Å². The molecule has 0 saturated heterocycles. The number of esters is 1. The summed E-state index contributed by atoms with van der Waals surface area (Å²) in [5.74, 6) is 0.800. The highest BCUT2D eigenvalue weighted by atomic mass is 16.5. The van der Waals surface area contributed by atoms with E-state index in [0.29, 0.717) is 17.0 Å². The molecule has 0 saturated carbocycles. The highest BCUT2D eigenvalue weighted by Gasteiger charge is 2.21. The first-order valence-electron chi connectivity index (χ1n) is 7.72. The maximum Gasteiger partial charge on any atom is 0.357 e. The van der Waals surface area contributed by atoms with E-state index in [4.69, 9.17) is 9.47 Å². The Kier molecular flexibility index (Phi) is 4.77. The Balaban J connectivity index is 1.85. The standard InChI is InChI=1S/C19H15N3O3/c1-2-24-19(23)18-16(12-20)17(21-22-18)13-8-10-15(11-9-13)25-14-6-4-3-5-7-14/h3-11H,2H2,1H3,(H,21,22). The van der Waals surface area contributed by atoms with Crippen LogP contribution in [0, 0.1) is 11.3 Å². The van der Waals surface area contributed by atoms with Gasteiger partial charge in [0.1, 0.15) is 28.8 Å². The van der Waals surface area contributed by atoms with Gasteiger partial charge in [-0.2, -0.15) is 10.4 Å². The maximum atomic E-state index is 11.9. The molecule has 0 radical (unpaired) electrons. The lowest BCUT2D eigenvalue weighted by Crippen LogP contribution is -2.06. The van der Waals surface area contributed by atoms with Gasteiger partial charge < -0.3 is 9.47 Å². The van der Waals surface area contributed by atoms with Gasteiger partial charge in [0.2, 0.25) is 0 Å². The number of nitrogens with zero attached hydrogens (tertiary/aromatic N) is 2. The molecular weight excluding hydrogens is 318 g/mol. The monoisotopic (exact) mass is 333 g/mol. The van der Waals surface area contributed by atoms with Gasteiger partial charge in [-0.3, -0.25) is 5.10 Å². The lowest BCUT2D eigenvalue weighted by Gasteiger charge is -2.06. The molecule has 1 heterocycles. The third-order valence-electron chi connectivity index (χ3n) is 3.46. The molecule has 25 heavy (non-hydrogen) atoms. The summed E-state index contributed by atoms with van der Waals surface area (Å²) >= 11 is 0. The molecule has 0 spiro atoms. The van der Waals surface area contributed by atoms with Crippen LogP contribution in [0.5, 0.6) is 11.5 Å². The minimum absolute atomic E-state index is 0.0592. The molecule has 3 aromatic rings. The number of aromatic nitrogens is 2. The van der Waals surface area contributed by atoms with E-state index >= 15 is 0 Å². The number of nitriles is 1. The fourth-order valence-electron chi connectivity index (χ4n) is 2.32. The van der Waals surface area contributed by atoms with Crippen molar-refractivity contribution in [3.05, 3.63) is 65.9 Å². The summed E-state index contributed by atoms with van der Waals surface area (Å²) in [6.45, 7) is 1.93. The van der Waals surface area contributed by atoms with Gasteiger partial charge in [-0.25, -0.2) is 4.79 Å². The zero-order valence-electron chi connectivity index (χ0n) is 13.5. The Labute approximate surface area is 144 Å². The summed E-state index contributed by atoms with van der Waals surface area (Å²) in [4.78, 5) is 11.9. The second-order valence-corrected chi connectivity index (χ2v) is 5.09. The van der Waals surface area contributed by atoms with Crippen LogP contribution in [0.1, 0.15) is 23.0 Å². The first kappa shape index (κ1) is 16.3. The Morgan fingerprint density at radius 2 is 1.80 bits per heavy atom. The van der Waals surface area contributed by atoms with E-state index in [1.807, 2.05) is 36.4 Å². The van der Waals surface area contributed by atoms with Crippen molar-refractivity contribution in [1.82, 2.24) is 10.2 Å². The number of hydrogen-bond acceptors (Lipinski definition) is 5. The third-order valence-corrected chi connectivity index (χ3v) is 3.46. The Morgan fingerprint density at radius 1 is 1.12 bits per heavy atom. The minimum Gasteiger partial charge on any atom is -0.461 e. The molecular formula is C19H15N3O3. The summed E-state index contributed by atoms with van der Waals surface area (Å²) in [5, 5.41) is 16.0. The molecule has 3 rings (SSSR count). The van der Waals surface area contributed by atoms with Crippen molar-refractivity contribution in [2.24, 2.45) is 0 Å². The number of hydrogen-bond donors (Lipinski definition) is 1. The number of H-pyrrole nitrogens is 1. The second kappa shape index (κ2) is 7.32. The number of carbonyl (C=O) groups excluding carboxylic acids is 1. The van der Waals surface area contributed by atoms with Gasteiger partial charge in [0.25, 0.3) is 0 Å². The van der Waals surface area contributed by atoms with Crippen LogP contribution in [0.3, 0.4) is 0 Å². The Bertz CT molecular complexity index is 909. The van der Waals surface area contributed by atoms with Gasteiger partial charge in [0.15, 0.2) is 5.69 Å². The van der Waals surface area contributed by atoms with Crippen LogP contribution in [0.25, 0.3) is 11.3 Å². The van der Waals surface area contributed by atoms with E-state index in [9.17, 15) is 10.1 Å². The Hall–Kier alpha value is -3.59. The average molecular weight is 333 g/mol. The number of benzene rings is 2. The third kappa shape index (κ3) is 3.51. The van der Waals surface area contributed by atoms with E-state index in [1.54, 1.807) is 31.2 Å². The van der Waals surface area contributed by atoms with Crippen LogP contribution >= 0.6 is 0 Å². The van der Waals surface area contributed by atoms with Crippen molar-refractivity contribution in [3.63, 3.8) is 0 Å². The van der Waals surface area contributed by atoms with E-state index < -0.39 is 5.97 Å². The molecule has 6 nitrogen and oxygen atoms in total.